The first kappa shape index (κ1) is 19.1. The molecular formula is C15H20N6O6. The summed E-state index contributed by atoms with van der Waals surface area (Å²) in [7, 11) is 0. The summed E-state index contributed by atoms with van der Waals surface area (Å²) < 4.78 is 7.00. The van der Waals surface area contributed by atoms with Gasteiger partial charge in [-0.3, -0.25) is 24.5 Å². The minimum Gasteiger partial charge on any atom is -0.394 e. The lowest BCUT2D eigenvalue weighted by molar-refractivity contribution is -0.119. The van der Waals surface area contributed by atoms with Crippen LogP contribution in [0.2, 0.25) is 0 Å². The van der Waals surface area contributed by atoms with Gasteiger partial charge >= 0.3 is 0 Å². The van der Waals surface area contributed by atoms with E-state index >= 15 is 0 Å². The zero-order chi connectivity index (χ0) is 19.7. The van der Waals surface area contributed by atoms with Crippen molar-refractivity contribution < 1.29 is 24.6 Å². The summed E-state index contributed by atoms with van der Waals surface area (Å²) in [5.74, 6) is -1.60. The summed E-state index contributed by atoms with van der Waals surface area (Å²) in [6, 6.07) is -0.850. The Balaban J connectivity index is 2.04. The van der Waals surface area contributed by atoms with E-state index in [0.29, 0.717) is 6.29 Å². The van der Waals surface area contributed by atoms with Crippen molar-refractivity contribution in [3.63, 3.8) is 0 Å². The number of hydroxylamine groups is 1. The molecule has 1 fully saturated rings. The first-order valence-corrected chi connectivity index (χ1v) is 8.30. The Labute approximate surface area is 152 Å². The van der Waals surface area contributed by atoms with Crippen LogP contribution in [-0.2, 0) is 14.3 Å². The van der Waals surface area contributed by atoms with Gasteiger partial charge in [-0.1, -0.05) is 13.8 Å². The van der Waals surface area contributed by atoms with Gasteiger partial charge in [-0.05, 0) is 0 Å². The van der Waals surface area contributed by atoms with Crippen LogP contribution in [0, 0.1) is 11.8 Å². The number of hydrogen-bond acceptors (Lipinski definition) is 9. The van der Waals surface area contributed by atoms with Gasteiger partial charge in [0.25, 0.3) is 5.56 Å². The fourth-order valence-corrected chi connectivity index (χ4v) is 2.94. The van der Waals surface area contributed by atoms with Gasteiger partial charge in [0.2, 0.25) is 11.9 Å². The number of anilines is 1. The molecule has 1 amide bonds. The minimum absolute atomic E-state index is 0.00764. The van der Waals surface area contributed by atoms with Crippen molar-refractivity contribution in [1.82, 2.24) is 25.0 Å². The minimum atomic E-state index is -0.961. The SMILES string of the molecule is CC(C)C(=O)Nc1nc2c(ncn2[C@@H]2O[C@H](CO)[C@@H](NO)[C@H]2C=O)c(=O)[nH]1. The van der Waals surface area contributed by atoms with Crippen LogP contribution in [0.25, 0.3) is 11.2 Å². The number of aromatic amines is 1. The first-order valence-electron chi connectivity index (χ1n) is 8.30. The fourth-order valence-electron chi connectivity index (χ4n) is 2.94. The second-order valence-corrected chi connectivity index (χ2v) is 6.50. The van der Waals surface area contributed by atoms with Gasteiger partial charge in [0.15, 0.2) is 11.2 Å². The molecule has 146 valence electrons. The van der Waals surface area contributed by atoms with Crippen molar-refractivity contribution in [2.75, 3.05) is 11.9 Å². The van der Waals surface area contributed by atoms with Gasteiger partial charge in [-0.2, -0.15) is 10.5 Å². The number of carbonyl (C=O) groups is 2. The number of rotatable bonds is 6. The Hall–Kier alpha value is -2.67. The Bertz CT molecular complexity index is 908. The Morgan fingerprint density at radius 2 is 2.26 bits per heavy atom. The van der Waals surface area contributed by atoms with Crippen molar-refractivity contribution in [2.24, 2.45) is 11.8 Å². The highest BCUT2D eigenvalue weighted by atomic mass is 16.5. The Morgan fingerprint density at radius 3 is 2.85 bits per heavy atom. The van der Waals surface area contributed by atoms with Crippen LogP contribution < -0.4 is 16.4 Å². The van der Waals surface area contributed by atoms with Gasteiger partial charge in [-0.25, -0.2) is 4.98 Å². The van der Waals surface area contributed by atoms with Crippen LogP contribution in [0.1, 0.15) is 20.1 Å². The number of amides is 1. The average molecular weight is 380 g/mol. The molecule has 0 unspecified atom stereocenters. The van der Waals surface area contributed by atoms with E-state index in [1.807, 2.05) is 5.48 Å². The number of nitrogens with one attached hydrogen (secondary N) is 3. The predicted molar refractivity (Wildman–Crippen MR) is 90.9 cm³/mol. The lowest BCUT2D eigenvalue weighted by Gasteiger charge is -2.18. The molecule has 2 aromatic heterocycles. The number of aldehydes is 1. The summed E-state index contributed by atoms with van der Waals surface area (Å²) in [5, 5.41) is 21.2. The molecule has 5 N–H and O–H groups in total. The highest BCUT2D eigenvalue weighted by Gasteiger charge is 2.45. The molecule has 0 radical (unpaired) electrons. The van der Waals surface area contributed by atoms with E-state index in [2.05, 4.69) is 20.3 Å². The number of H-pyrrole nitrogens is 1. The second kappa shape index (κ2) is 7.52. The molecule has 3 heterocycles. The smallest absolute Gasteiger partial charge is 0.280 e. The number of aliphatic hydroxyl groups excluding tert-OH is 1. The van der Waals surface area contributed by atoms with Crippen LogP contribution in [0.4, 0.5) is 5.95 Å². The maximum absolute atomic E-state index is 12.2. The number of fused-ring (bicyclic) bond motifs is 1. The summed E-state index contributed by atoms with van der Waals surface area (Å²) in [6.07, 6.45) is 0.0392. The van der Waals surface area contributed by atoms with Crippen molar-refractivity contribution in [2.45, 2.75) is 32.2 Å². The molecule has 4 atom stereocenters. The van der Waals surface area contributed by atoms with E-state index in [1.54, 1.807) is 13.8 Å². The van der Waals surface area contributed by atoms with Gasteiger partial charge in [0, 0.05) is 5.92 Å². The number of ether oxygens (including phenoxy) is 1. The predicted octanol–water partition coefficient (Wildman–Crippen LogP) is -1.23. The van der Waals surface area contributed by atoms with Crippen molar-refractivity contribution >= 4 is 29.3 Å². The first-order chi connectivity index (χ1) is 12.9. The number of aliphatic hydroxyl groups is 1. The number of carbonyl (C=O) groups excluding carboxylic acids is 2. The van der Waals surface area contributed by atoms with Crippen molar-refractivity contribution in [1.29, 1.82) is 0 Å². The molecule has 3 rings (SSSR count). The number of aromatic nitrogens is 4. The highest BCUT2D eigenvalue weighted by molar-refractivity contribution is 5.91. The third kappa shape index (κ3) is 3.35. The number of imidazole rings is 1. The standard InChI is InChI=1S/C15H20N6O6/c1-6(2)12(24)18-15-17-11-10(13(25)19-15)16-5-21(11)14-7(3-22)9(20-26)8(4-23)27-14/h3,5-9,14,20,23,26H,4H2,1-2H3,(H2,17,18,19,24,25)/t7-,8-,9+,14-/m1/s1. The maximum Gasteiger partial charge on any atom is 0.280 e. The molecule has 0 aliphatic carbocycles. The molecule has 27 heavy (non-hydrogen) atoms. The molecule has 1 aliphatic rings. The quantitative estimate of drug-likeness (QED) is 0.304. The van der Waals surface area contributed by atoms with Crippen LogP contribution in [0.15, 0.2) is 11.1 Å². The molecule has 0 spiro atoms. The lowest BCUT2D eigenvalue weighted by atomic mass is 9.99. The molecule has 12 heteroatoms. The Morgan fingerprint density at radius 1 is 1.52 bits per heavy atom. The molecule has 1 saturated heterocycles. The number of hydrogen-bond donors (Lipinski definition) is 5. The molecule has 0 saturated carbocycles. The van der Waals surface area contributed by atoms with Gasteiger partial charge in [0.05, 0.1) is 24.9 Å². The zero-order valence-electron chi connectivity index (χ0n) is 14.6. The summed E-state index contributed by atoms with van der Waals surface area (Å²) in [6.45, 7) is 2.94. The van der Waals surface area contributed by atoms with E-state index in [1.165, 1.54) is 10.9 Å². The summed E-state index contributed by atoms with van der Waals surface area (Å²) in [4.78, 5) is 46.3. The topological polar surface area (TPSA) is 171 Å². The third-order valence-electron chi connectivity index (χ3n) is 4.42. The molecule has 1 aliphatic heterocycles. The average Bonchev–Trinajstić information content (AvgIpc) is 3.21. The largest absolute Gasteiger partial charge is 0.394 e. The van der Waals surface area contributed by atoms with Crippen LogP contribution in [0.5, 0.6) is 0 Å². The number of nitrogens with zero attached hydrogens (tertiary/aromatic N) is 3. The fraction of sp³-hybridized carbons (Fsp3) is 0.533. The van der Waals surface area contributed by atoms with E-state index in [9.17, 15) is 24.7 Å². The van der Waals surface area contributed by atoms with Gasteiger partial charge in [-0.15, -0.1) is 0 Å². The normalized spacial score (nSPS) is 25.2. The van der Waals surface area contributed by atoms with Crippen molar-refractivity contribution in [3.05, 3.63) is 16.7 Å². The third-order valence-corrected chi connectivity index (χ3v) is 4.42. The molecular weight excluding hydrogens is 360 g/mol. The molecule has 0 bridgehead atoms. The molecule has 2 aromatic rings. The van der Waals surface area contributed by atoms with E-state index in [0.717, 1.165) is 0 Å². The maximum atomic E-state index is 12.2. The summed E-state index contributed by atoms with van der Waals surface area (Å²) in [5.41, 5.74) is 1.48. The van der Waals surface area contributed by atoms with Gasteiger partial charge in [0.1, 0.15) is 18.6 Å². The molecule has 12 nitrogen and oxygen atoms in total. The zero-order valence-corrected chi connectivity index (χ0v) is 14.6. The van der Waals surface area contributed by atoms with Crippen LogP contribution >= 0.6 is 0 Å². The van der Waals surface area contributed by atoms with E-state index in [-0.39, 0.29) is 28.9 Å². The molecule has 0 aromatic carbocycles. The highest BCUT2D eigenvalue weighted by Crippen LogP contribution is 2.34. The monoisotopic (exact) mass is 380 g/mol. The Kier molecular flexibility index (Phi) is 5.32. The summed E-state index contributed by atoms with van der Waals surface area (Å²) >= 11 is 0. The second-order valence-electron chi connectivity index (χ2n) is 6.50. The van der Waals surface area contributed by atoms with Crippen LogP contribution in [0.3, 0.4) is 0 Å². The van der Waals surface area contributed by atoms with E-state index in [4.69, 9.17) is 4.74 Å². The van der Waals surface area contributed by atoms with E-state index < -0.39 is 36.5 Å². The van der Waals surface area contributed by atoms with Gasteiger partial charge < -0.3 is 19.8 Å². The lowest BCUT2D eigenvalue weighted by Crippen LogP contribution is -2.41. The van der Waals surface area contributed by atoms with Crippen LogP contribution in [-0.4, -0.2) is 60.8 Å². The van der Waals surface area contributed by atoms with Crippen molar-refractivity contribution in [3.8, 4) is 0 Å².